The molecule has 2 aromatic rings. The first-order valence-electron chi connectivity index (χ1n) is 6.07. The molecule has 3 N–H and O–H groups in total. The Morgan fingerprint density at radius 1 is 1.50 bits per heavy atom. The molecule has 3 heterocycles. The number of rotatable bonds is 4. The zero-order chi connectivity index (χ0) is 12.4. The first-order chi connectivity index (χ1) is 8.86. The molecule has 0 bridgehead atoms. The molecule has 0 radical (unpaired) electrons. The lowest BCUT2D eigenvalue weighted by Gasteiger charge is -2.11. The third-order valence-corrected chi connectivity index (χ3v) is 4.35. The van der Waals surface area contributed by atoms with Gasteiger partial charge in [-0.05, 0) is 23.8 Å². The average Bonchev–Trinajstić information content (AvgIpc) is 3.06. The maximum absolute atomic E-state index is 4.45. The first kappa shape index (κ1) is 11.6. The molecule has 1 fully saturated rings. The van der Waals surface area contributed by atoms with Crippen molar-refractivity contribution in [3.05, 3.63) is 6.20 Å². The van der Waals surface area contributed by atoms with Crippen molar-refractivity contribution in [1.82, 2.24) is 20.2 Å². The number of aromatic nitrogens is 4. The Balaban J connectivity index is 1.82. The fourth-order valence-corrected chi connectivity index (χ4v) is 3.35. The number of anilines is 2. The standard InChI is InChI=1S/C11H16N6S/c1-12-11-15-9(8-5-14-17-10(8)16-11)13-4-7-2-3-18-6-7/h5,7H,2-4,6H2,1H3,(H3,12,13,14,15,16,17). The van der Waals surface area contributed by atoms with Crippen LogP contribution in [0.4, 0.5) is 11.8 Å². The Bertz CT molecular complexity index is 533. The van der Waals surface area contributed by atoms with Gasteiger partial charge < -0.3 is 10.6 Å². The van der Waals surface area contributed by atoms with E-state index in [1.165, 1.54) is 17.9 Å². The van der Waals surface area contributed by atoms with Gasteiger partial charge in [0.25, 0.3) is 0 Å². The van der Waals surface area contributed by atoms with Crippen molar-refractivity contribution >= 4 is 34.6 Å². The van der Waals surface area contributed by atoms with Gasteiger partial charge in [0.05, 0.1) is 11.6 Å². The summed E-state index contributed by atoms with van der Waals surface area (Å²) < 4.78 is 0. The Hall–Kier alpha value is -1.50. The number of hydrogen-bond acceptors (Lipinski definition) is 6. The number of nitrogens with zero attached hydrogens (tertiary/aromatic N) is 3. The molecule has 1 aliphatic heterocycles. The van der Waals surface area contributed by atoms with Gasteiger partial charge in [0, 0.05) is 13.6 Å². The Morgan fingerprint density at radius 2 is 2.44 bits per heavy atom. The number of hydrogen-bond donors (Lipinski definition) is 3. The zero-order valence-electron chi connectivity index (χ0n) is 10.2. The van der Waals surface area contributed by atoms with Crippen LogP contribution in [-0.4, -0.2) is 45.3 Å². The van der Waals surface area contributed by atoms with Crippen LogP contribution in [0.2, 0.25) is 0 Å². The van der Waals surface area contributed by atoms with Gasteiger partial charge in [-0.3, -0.25) is 5.10 Å². The molecule has 0 saturated carbocycles. The van der Waals surface area contributed by atoms with Crippen molar-refractivity contribution in [2.45, 2.75) is 6.42 Å². The minimum atomic E-state index is 0.607. The van der Waals surface area contributed by atoms with Crippen molar-refractivity contribution in [3.63, 3.8) is 0 Å². The van der Waals surface area contributed by atoms with Crippen LogP contribution >= 0.6 is 11.8 Å². The summed E-state index contributed by atoms with van der Waals surface area (Å²) in [7, 11) is 1.81. The number of thioether (sulfide) groups is 1. The van der Waals surface area contributed by atoms with E-state index in [-0.39, 0.29) is 0 Å². The van der Waals surface area contributed by atoms with Gasteiger partial charge in [-0.15, -0.1) is 0 Å². The van der Waals surface area contributed by atoms with Crippen LogP contribution in [0.1, 0.15) is 6.42 Å². The summed E-state index contributed by atoms with van der Waals surface area (Å²) in [5.41, 5.74) is 0.762. The molecule has 18 heavy (non-hydrogen) atoms. The second-order valence-electron chi connectivity index (χ2n) is 4.39. The van der Waals surface area contributed by atoms with Gasteiger partial charge in [0.1, 0.15) is 5.82 Å². The summed E-state index contributed by atoms with van der Waals surface area (Å²) in [5, 5.41) is 14.2. The highest BCUT2D eigenvalue weighted by molar-refractivity contribution is 7.99. The van der Waals surface area contributed by atoms with E-state index in [1.54, 1.807) is 6.20 Å². The molecule has 1 unspecified atom stereocenters. The van der Waals surface area contributed by atoms with Crippen molar-refractivity contribution < 1.29 is 0 Å². The van der Waals surface area contributed by atoms with E-state index in [0.29, 0.717) is 5.95 Å². The molecule has 0 aliphatic carbocycles. The molecule has 6 nitrogen and oxygen atoms in total. The van der Waals surface area contributed by atoms with Gasteiger partial charge in [-0.25, -0.2) is 0 Å². The lowest BCUT2D eigenvalue weighted by molar-refractivity contribution is 0.631. The van der Waals surface area contributed by atoms with Crippen molar-refractivity contribution in [3.8, 4) is 0 Å². The number of fused-ring (bicyclic) bond motifs is 1. The first-order valence-corrected chi connectivity index (χ1v) is 7.23. The Kier molecular flexibility index (Phi) is 3.22. The minimum absolute atomic E-state index is 0.607. The maximum Gasteiger partial charge on any atom is 0.226 e. The van der Waals surface area contributed by atoms with Crippen LogP contribution < -0.4 is 10.6 Å². The topological polar surface area (TPSA) is 78.5 Å². The summed E-state index contributed by atoms with van der Waals surface area (Å²) in [4.78, 5) is 8.76. The highest BCUT2D eigenvalue weighted by Crippen LogP contribution is 2.25. The van der Waals surface area contributed by atoms with E-state index in [4.69, 9.17) is 0 Å². The van der Waals surface area contributed by atoms with Crippen LogP contribution in [0, 0.1) is 5.92 Å². The molecular weight excluding hydrogens is 248 g/mol. The number of H-pyrrole nitrogens is 1. The summed E-state index contributed by atoms with van der Waals surface area (Å²) in [6, 6.07) is 0. The normalized spacial score (nSPS) is 19.3. The Labute approximate surface area is 109 Å². The van der Waals surface area contributed by atoms with E-state index in [2.05, 4.69) is 30.8 Å². The molecule has 0 spiro atoms. The quantitative estimate of drug-likeness (QED) is 0.778. The van der Waals surface area contributed by atoms with Crippen LogP contribution in [-0.2, 0) is 0 Å². The largest absolute Gasteiger partial charge is 0.369 e. The fraction of sp³-hybridized carbons (Fsp3) is 0.545. The van der Waals surface area contributed by atoms with Crippen LogP contribution in [0.5, 0.6) is 0 Å². The van der Waals surface area contributed by atoms with Crippen molar-refractivity contribution in [2.24, 2.45) is 5.92 Å². The highest BCUT2D eigenvalue weighted by atomic mass is 32.2. The van der Waals surface area contributed by atoms with Crippen molar-refractivity contribution in [1.29, 1.82) is 0 Å². The monoisotopic (exact) mass is 264 g/mol. The van der Waals surface area contributed by atoms with Crippen molar-refractivity contribution in [2.75, 3.05) is 35.7 Å². The fourth-order valence-electron chi connectivity index (χ4n) is 2.07. The molecule has 1 aliphatic rings. The van der Waals surface area contributed by atoms with E-state index in [9.17, 15) is 0 Å². The Morgan fingerprint density at radius 3 is 3.22 bits per heavy atom. The molecule has 7 heteroatoms. The van der Waals surface area contributed by atoms with Gasteiger partial charge in [-0.2, -0.15) is 26.8 Å². The van der Waals surface area contributed by atoms with E-state index < -0.39 is 0 Å². The molecule has 0 aromatic carbocycles. The molecule has 96 valence electrons. The van der Waals surface area contributed by atoms with E-state index in [1.807, 2.05) is 18.8 Å². The van der Waals surface area contributed by atoms with Gasteiger partial charge in [0.15, 0.2) is 5.65 Å². The zero-order valence-corrected chi connectivity index (χ0v) is 11.0. The predicted molar refractivity (Wildman–Crippen MR) is 75.2 cm³/mol. The van der Waals surface area contributed by atoms with Gasteiger partial charge in [0.2, 0.25) is 5.95 Å². The summed E-state index contributed by atoms with van der Waals surface area (Å²) >= 11 is 2.03. The molecule has 2 aromatic heterocycles. The van der Waals surface area contributed by atoms with Crippen LogP contribution in [0.15, 0.2) is 6.20 Å². The lowest BCUT2D eigenvalue weighted by atomic mass is 10.1. The minimum Gasteiger partial charge on any atom is -0.369 e. The molecule has 1 atom stereocenters. The molecular formula is C11H16N6S. The smallest absolute Gasteiger partial charge is 0.226 e. The third-order valence-electron chi connectivity index (χ3n) is 3.12. The summed E-state index contributed by atoms with van der Waals surface area (Å²) in [6.07, 6.45) is 3.05. The second-order valence-corrected chi connectivity index (χ2v) is 5.54. The summed E-state index contributed by atoms with van der Waals surface area (Å²) in [5.74, 6) is 4.72. The number of aromatic amines is 1. The molecule has 1 saturated heterocycles. The van der Waals surface area contributed by atoms with E-state index in [0.717, 1.165) is 29.3 Å². The molecule has 0 amide bonds. The maximum atomic E-state index is 4.45. The predicted octanol–water partition coefficient (Wildman–Crippen LogP) is 1.56. The second kappa shape index (κ2) is 5.01. The average molecular weight is 264 g/mol. The van der Waals surface area contributed by atoms with Crippen LogP contribution in [0.25, 0.3) is 11.0 Å². The van der Waals surface area contributed by atoms with Crippen LogP contribution in [0.3, 0.4) is 0 Å². The number of nitrogens with one attached hydrogen (secondary N) is 3. The van der Waals surface area contributed by atoms with Gasteiger partial charge in [-0.1, -0.05) is 0 Å². The lowest BCUT2D eigenvalue weighted by Crippen LogP contribution is -2.15. The third kappa shape index (κ3) is 2.22. The highest BCUT2D eigenvalue weighted by Gasteiger charge is 2.16. The van der Waals surface area contributed by atoms with Gasteiger partial charge >= 0.3 is 0 Å². The van der Waals surface area contributed by atoms with E-state index >= 15 is 0 Å². The molecule has 3 rings (SSSR count). The summed E-state index contributed by atoms with van der Waals surface area (Å²) in [6.45, 7) is 0.966. The SMILES string of the molecule is CNc1nc(NCC2CCSC2)c2cn[nH]c2n1.